The Labute approximate surface area is 210 Å². The third-order valence-corrected chi connectivity index (χ3v) is 9.76. The molecule has 1 aromatic carbocycles. The minimum atomic E-state index is -4.71. The number of allylic oxidation sites excluding steroid dienone is 4. The molecule has 6 atom stereocenters. The minimum Gasteiger partial charge on any atom is -0.382 e. The molecule has 196 valence electrons. The Bertz CT molecular complexity index is 1090. The average molecular weight is 505 g/mol. The molecule has 4 nitrogen and oxygen atoms in total. The Hall–Kier alpha value is -1.96. The smallest absolute Gasteiger partial charge is 0.382 e. The van der Waals surface area contributed by atoms with Crippen molar-refractivity contribution in [1.82, 2.24) is 0 Å². The van der Waals surface area contributed by atoms with Crippen LogP contribution in [-0.2, 0) is 14.3 Å². The molecule has 0 spiro atoms. The molecular formula is C29H35F3O4. The predicted molar refractivity (Wildman–Crippen MR) is 129 cm³/mol. The lowest BCUT2D eigenvalue weighted by molar-refractivity contribution is -0.206. The number of aliphatic hydroxyl groups excluding tert-OH is 1. The van der Waals surface area contributed by atoms with Gasteiger partial charge in [0, 0.05) is 32.0 Å². The molecule has 4 aliphatic rings. The summed E-state index contributed by atoms with van der Waals surface area (Å²) in [6.07, 6.45) is 0.437. The van der Waals surface area contributed by atoms with E-state index in [9.17, 15) is 23.1 Å². The Morgan fingerprint density at radius 1 is 1.11 bits per heavy atom. The van der Waals surface area contributed by atoms with Crippen molar-refractivity contribution in [2.75, 3.05) is 20.8 Å². The van der Waals surface area contributed by atoms with Gasteiger partial charge in [-0.3, -0.25) is 4.79 Å². The third-order valence-electron chi connectivity index (χ3n) is 9.76. The van der Waals surface area contributed by atoms with Crippen molar-refractivity contribution in [1.29, 1.82) is 0 Å². The number of ketones is 1. The number of hydrogen-bond donors (Lipinski definition) is 1. The second kappa shape index (κ2) is 9.10. The number of ether oxygens (including phenoxy) is 2. The number of fused-ring (bicyclic) bond motifs is 4. The number of carbonyl (C=O) groups is 1. The van der Waals surface area contributed by atoms with Crippen molar-refractivity contribution in [3.63, 3.8) is 0 Å². The Kier molecular flexibility index (Phi) is 6.49. The number of carbonyl (C=O) groups excluding carboxylic acids is 1. The number of aliphatic hydroxyl groups is 1. The van der Waals surface area contributed by atoms with Gasteiger partial charge in [-0.15, -0.1) is 0 Å². The van der Waals surface area contributed by atoms with E-state index in [0.29, 0.717) is 24.9 Å². The summed E-state index contributed by atoms with van der Waals surface area (Å²) < 4.78 is 51.2. The van der Waals surface area contributed by atoms with Gasteiger partial charge in [-0.2, -0.15) is 13.2 Å². The zero-order chi connectivity index (χ0) is 25.9. The monoisotopic (exact) mass is 504 g/mol. The van der Waals surface area contributed by atoms with Crippen LogP contribution in [0.25, 0.3) is 0 Å². The van der Waals surface area contributed by atoms with E-state index in [-0.39, 0.29) is 22.7 Å². The molecule has 0 radical (unpaired) electrons. The van der Waals surface area contributed by atoms with Crippen molar-refractivity contribution in [2.45, 2.75) is 75.7 Å². The maximum Gasteiger partial charge on any atom is 0.418 e. The van der Waals surface area contributed by atoms with Crippen LogP contribution in [0.15, 0.2) is 47.1 Å². The van der Waals surface area contributed by atoms with Crippen LogP contribution >= 0.6 is 0 Å². The summed E-state index contributed by atoms with van der Waals surface area (Å²) in [5.41, 5.74) is 4.00. The van der Waals surface area contributed by atoms with Crippen molar-refractivity contribution in [3.05, 3.63) is 58.2 Å². The molecule has 36 heavy (non-hydrogen) atoms. The van der Waals surface area contributed by atoms with E-state index in [1.165, 1.54) is 23.3 Å². The number of methoxy groups -OCH3 is 2. The van der Waals surface area contributed by atoms with Gasteiger partial charge in [-0.05, 0) is 78.7 Å². The molecule has 1 N–H and O–H groups in total. The molecule has 0 saturated heterocycles. The van der Waals surface area contributed by atoms with Crippen molar-refractivity contribution >= 4 is 5.78 Å². The highest BCUT2D eigenvalue weighted by atomic mass is 19.4. The summed E-state index contributed by atoms with van der Waals surface area (Å²) >= 11 is 0. The van der Waals surface area contributed by atoms with E-state index in [1.807, 2.05) is 6.08 Å². The van der Waals surface area contributed by atoms with Gasteiger partial charge in [0.2, 0.25) is 0 Å². The van der Waals surface area contributed by atoms with E-state index >= 15 is 0 Å². The number of halogens is 3. The zero-order valence-corrected chi connectivity index (χ0v) is 21.2. The molecule has 0 aliphatic heterocycles. The van der Waals surface area contributed by atoms with Gasteiger partial charge in [0.05, 0.1) is 12.2 Å². The first kappa shape index (κ1) is 25.7. The molecule has 5 rings (SSSR count). The van der Waals surface area contributed by atoms with Crippen LogP contribution in [0.1, 0.15) is 75.0 Å². The molecule has 2 saturated carbocycles. The molecular weight excluding hydrogens is 469 g/mol. The molecule has 0 aromatic heterocycles. The van der Waals surface area contributed by atoms with Gasteiger partial charge in [-0.1, -0.05) is 36.8 Å². The van der Waals surface area contributed by atoms with Gasteiger partial charge in [0.25, 0.3) is 0 Å². The first-order valence-corrected chi connectivity index (χ1v) is 12.9. The van der Waals surface area contributed by atoms with Crippen molar-refractivity contribution in [2.24, 2.45) is 17.3 Å². The van der Waals surface area contributed by atoms with Crippen LogP contribution in [-0.4, -0.2) is 43.5 Å². The number of alkyl halides is 3. The number of hydrogen-bond acceptors (Lipinski definition) is 4. The maximum absolute atomic E-state index is 13.1. The van der Waals surface area contributed by atoms with Gasteiger partial charge in [0.1, 0.15) is 0 Å². The maximum atomic E-state index is 13.1. The molecule has 7 heteroatoms. The fourth-order valence-corrected chi connectivity index (χ4v) is 8.00. The van der Waals surface area contributed by atoms with Crippen LogP contribution in [0.3, 0.4) is 0 Å². The summed E-state index contributed by atoms with van der Waals surface area (Å²) in [6.45, 7) is 2.80. The quantitative estimate of drug-likeness (QED) is 0.518. The topological polar surface area (TPSA) is 55.8 Å². The van der Waals surface area contributed by atoms with Crippen LogP contribution in [0.5, 0.6) is 0 Å². The third kappa shape index (κ3) is 3.89. The van der Waals surface area contributed by atoms with E-state index in [2.05, 4.69) is 6.92 Å². The van der Waals surface area contributed by atoms with Gasteiger partial charge in [0.15, 0.2) is 11.9 Å². The molecule has 0 amide bonds. The zero-order valence-electron chi connectivity index (χ0n) is 21.2. The molecule has 0 bridgehead atoms. The predicted octanol–water partition coefficient (Wildman–Crippen LogP) is 6.21. The lowest BCUT2D eigenvalue weighted by Crippen LogP contribution is -2.54. The normalized spacial score (nSPS) is 35.1. The molecule has 1 aromatic rings. The largest absolute Gasteiger partial charge is 0.418 e. The summed E-state index contributed by atoms with van der Waals surface area (Å²) in [7, 11) is 3.46. The van der Waals surface area contributed by atoms with Crippen molar-refractivity contribution in [3.8, 4) is 0 Å². The second-order valence-electron chi connectivity index (χ2n) is 11.3. The molecule has 4 aliphatic carbocycles. The highest BCUT2D eigenvalue weighted by Gasteiger charge is 2.63. The first-order valence-electron chi connectivity index (χ1n) is 12.9. The van der Waals surface area contributed by atoms with E-state index in [1.54, 1.807) is 26.4 Å². The first-order chi connectivity index (χ1) is 17.0. The Morgan fingerprint density at radius 3 is 2.47 bits per heavy atom. The summed E-state index contributed by atoms with van der Waals surface area (Å²) in [6, 6.07) is 6.29. The standard InChI is InChI=1S/C29H35F3O4/c1-27-15-23(17-4-6-18(7-5-17)26(34)29(30,31)32)25-21-11-9-20(33)14-19(21)8-10-22(25)24(27)12-13-28(27,36-3)16-35-2/h4-7,14,22-24,26,34H,8-13,15-16H2,1-3H3/t22-,23+,24-,26?,27-,28+/m0/s1. The van der Waals surface area contributed by atoms with Gasteiger partial charge < -0.3 is 14.6 Å². The fraction of sp³-hybridized carbons (Fsp3) is 0.621. The summed E-state index contributed by atoms with van der Waals surface area (Å²) in [5.74, 6) is 0.930. The highest BCUT2D eigenvalue weighted by Crippen LogP contribution is 2.67. The molecule has 1 unspecified atom stereocenters. The van der Waals surface area contributed by atoms with Gasteiger partial charge >= 0.3 is 6.18 Å². The molecule has 0 heterocycles. The SMILES string of the molecule is COC[C@]1(OC)CC[C@H]2[C@@H]3CCC4=CC(=O)CCC4=C3[C@@H](c3ccc(C(O)C(F)(F)F)cc3)C[C@@]21C. The van der Waals surface area contributed by atoms with E-state index in [4.69, 9.17) is 9.47 Å². The Morgan fingerprint density at radius 2 is 1.83 bits per heavy atom. The minimum absolute atomic E-state index is 0.00436. The molecule has 2 fully saturated rings. The fourth-order valence-electron chi connectivity index (χ4n) is 8.00. The highest BCUT2D eigenvalue weighted by molar-refractivity contribution is 5.93. The van der Waals surface area contributed by atoms with Crippen LogP contribution in [0, 0.1) is 17.3 Å². The van der Waals surface area contributed by atoms with Crippen LogP contribution < -0.4 is 0 Å². The lowest BCUT2D eigenvalue weighted by Gasteiger charge is -2.55. The van der Waals surface area contributed by atoms with Gasteiger partial charge in [-0.25, -0.2) is 0 Å². The summed E-state index contributed by atoms with van der Waals surface area (Å²) in [4.78, 5) is 12.2. The van der Waals surface area contributed by atoms with Crippen LogP contribution in [0.2, 0.25) is 0 Å². The average Bonchev–Trinajstić information content (AvgIpc) is 3.14. The summed E-state index contributed by atoms with van der Waals surface area (Å²) in [5, 5.41) is 9.74. The van der Waals surface area contributed by atoms with E-state index < -0.39 is 17.9 Å². The van der Waals surface area contributed by atoms with Crippen LogP contribution in [0.4, 0.5) is 13.2 Å². The Balaban J connectivity index is 1.62. The second-order valence-corrected chi connectivity index (χ2v) is 11.3. The number of rotatable bonds is 5. The lowest BCUT2D eigenvalue weighted by atomic mass is 9.51. The van der Waals surface area contributed by atoms with E-state index in [0.717, 1.165) is 49.7 Å². The number of benzene rings is 1. The van der Waals surface area contributed by atoms with Crippen molar-refractivity contribution < 1.29 is 32.5 Å².